The molecule has 5 atom stereocenters. The third-order valence-corrected chi connectivity index (χ3v) is 16.7. The van der Waals surface area contributed by atoms with E-state index in [2.05, 4.69) is 54.7 Å². The fraction of sp³-hybridized carbons (Fsp3) is 0.611. The molecule has 24 heteroatoms. The minimum absolute atomic E-state index is 0. The van der Waals surface area contributed by atoms with E-state index in [0.717, 1.165) is 72.8 Å². The molecule has 1 saturated heterocycles. The van der Waals surface area contributed by atoms with Crippen LogP contribution in [0.1, 0.15) is 223 Å². The summed E-state index contributed by atoms with van der Waals surface area (Å²) in [7, 11) is 16.1. The van der Waals surface area contributed by atoms with E-state index in [-0.39, 0.29) is 115 Å². The smallest absolute Gasteiger partial charge is 0.410 e. The molecule has 5 aromatic carbocycles. The molecule has 1 aliphatic carbocycles. The molecule has 1 saturated carbocycles. The first-order valence-electron chi connectivity index (χ1n) is 38.1. The fourth-order valence-electron chi connectivity index (χ4n) is 9.49. The van der Waals surface area contributed by atoms with Crippen molar-refractivity contribution in [1.29, 1.82) is 0 Å². The Balaban J connectivity index is -0.000000124. The zero-order valence-electron chi connectivity index (χ0n) is 70.7. The van der Waals surface area contributed by atoms with Crippen LogP contribution >= 0.6 is 0 Å². The van der Waals surface area contributed by atoms with Crippen molar-refractivity contribution in [1.82, 2.24) is 30.2 Å². The molecule has 1 heterocycles. The van der Waals surface area contributed by atoms with Gasteiger partial charge in [0.15, 0.2) is 12.2 Å². The minimum Gasteiger partial charge on any atom is -0.464 e. The second-order valence-electron chi connectivity index (χ2n) is 26.5. The van der Waals surface area contributed by atoms with Crippen molar-refractivity contribution in [2.24, 2.45) is 17.8 Å². The van der Waals surface area contributed by atoms with Gasteiger partial charge in [-0.2, -0.15) is 0 Å². The molecule has 6 amide bonds. The van der Waals surface area contributed by atoms with Crippen LogP contribution < -0.4 is 10.6 Å². The number of likely N-dealkylation sites (N-methyl/N-ethyl adjacent to an activating group) is 3. The van der Waals surface area contributed by atoms with Gasteiger partial charge in [0.05, 0.1) is 38.6 Å². The van der Waals surface area contributed by atoms with Crippen LogP contribution in [0.5, 0.6) is 0 Å². The van der Waals surface area contributed by atoms with Crippen molar-refractivity contribution < 1.29 is 85.7 Å². The molecule has 0 radical (unpaired) electrons. The number of ether oxygens (including phenoxy) is 11. The van der Waals surface area contributed by atoms with E-state index in [1.165, 1.54) is 46.2 Å². The Morgan fingerprint density at radius 1 is 0.437 bits per heavy atom. The minimum atomic E-state index is -0.691. The number of nitrogens with one attached hydrogen (secondary N) is 2. The van der Waals surface area contributed by atoms with E-state index < -0.39 is 17.8 Å². The summed E-state index contributed by atoms with van der Waals surface area (Å²) in [4.78, 5) is 86.1. The van der Waals surface area contributed by atoms with E-state index in [1.54, 1.807) is 86.8 Å². The number of esters is 1. The Kier molecular flexibility index (Phi) is 93.5. The summed E-state index contributed by atoms with van der Waals surface area (Å²) in [5.41, 5.74) is 4.64. The number of hydrogen-bond acceptors (Lipinski definition) is 18. The molecule has 1 aliphatic heterocycles. The van der Waals surface area contributed by atoms with E-state index in [1.807, 2.05) is 177 Å². The average Bonchev–Trinajstić information content (AvgIpc) is 1.66. The Hall–Kier alpha value is -8.49. The molecule has 2 N–H and O–H groups in total. The highest BCUT2D eigenvalue weighted by Gasteiger charge is 2.29. The number of hydrogen-bond donors (Lipinski definition) is 2. The number of rotatable bonds is 29. The topological polar surface area (TPSA) is 258 Å². The van der Waals surface area contributed by atoms with E-state index in [4.69, 9.17) is 42.6 Å². The quantitative estimate of drug-likeness (QED) is 0.0333. The maximum atomic E-state index is 12.1. The van der Waals surface area contributed by atoms with Gasteiger partial charge in [-0.05, 0) is 147 Å². The molecule has 692 valence electrons. The van der Waals surface area contributed by atoms with Gasteiger partial charge in [0.1, 0.15) is 11.7 Å². The highest BCUT2D eigenvalue weighted by Crippen LogP contribution is 2.30. The van der Waals surface area contributed by atoms with Crippen LogP contribution in [-0.4, -0.2) is 215 Å². The Bertz CT molecular complexity index is 3010. The van der Waals surface area contributed by atoms with Crippen molar-refractivity contribution >= 4 is 42.0 Å². The monoisotopic (exact) mass is 1690 g/mol. The largest absolute Gasteiger partial charge is 0.464 e. The summed E-state index contributed by atoms with van der Waals surface area (Å²) in [5, 5.41) is 5.00. The molecule has 0 bridgehead atoms. The maximum Gasteiger partial charge on any atom is 0.410 e. The first-order chi connectivity index (χ1) is 52.5. The lowest BCUT2D eigenvalue weighted by molar-refractivity contribution is -0.153. The maximum absolute atomic E-state index is 12.1. The zero-order chi connectivity index (χ0) is 83.2. The van der Waals surface area contributed by atoms with Crippen molar-refractivity contribution in [2.75, 3.05) is 124 Å². The lowest BCUT2D eigenvalue weighted by atomic mass is 9.95. The van der Waals surface area contributed by atoms with Crippen LogP contribution in [0.15, 0.2) is 152 Å². The normalized spacial score (nSPS) is 12.1. The van der Waals surface area contributed by atoms with Crippen molar-refractivity contribution in [3.63, 3.8) is 0 Å². The molecule has 2 aliphatic rings. The van der Waals surface area contributed by atoms with E-state index in [0.29, 0.717) is 83.2 Å². The molecule has 119 heavy (non-hydrogen) atoms. The molecule has 7 rings (SSSR count). The van der Waals surface area contributed by atoms with Gasteiger partial charge in [-0.3, -0.25) is 19.3 Å². The zero-order valence-corrected chi connectivity index (χ0v) is 70.7. The van der Waals surface area contributed by atoms with Crippen LogP contribution in [0.25, 0.3) is 0 Å². The second-order valence-corrected chi connectivity index (χ2v) is 26.5. The van der Waals surface area contributed by atoms with Gasteiger partial charge in [-0.1, -0.05) is 239 Å². The summed E-state index contributed by atoms with van der Waals surface area (Å²) in [6.45, 7) is 32.0. The molecule has 0 aromatic heterocycles. The summed E-state index contributed by atoms with van der Waals surface area (Å²) in [5.74, 6) is 1.29. The van der Waals surface area contributed by atoms with Crippen LogP contribution in [0.3, 0.4) is 0 Å². The Morgan fingerprint density at radius 3 is 1.05 bits per heavy atom. The van der Waals surface area contributed by atoms with Gasteiger partial charge < -0.3 is 77.4 Å². The Morgan fingerprint density at radius 2 is 0.782 bits per heavy atom. The van der Waals surface area contributed by atoms with Gasteiger partial charge in [0, 0.05) is 123 Å². The molecule has 0 spiro atoms. The number of amides is 6. The highest BCUT2D eigenvalue weighted by molar-refractivity contribution is 5.84. The number of benzene rings is 5. The first kappa shape index (κ1) is 134. The molecule has 5 unspecified atom stereocenters. The first-order valence-corrected chi connectivity index (χ1v) is 38.1. The second kappa shape index (κ2) is 83.2. The average molecular weight is 1690 g/mol. The van der Waals surface area contributed by atoms with Crippen LogP contribution in [0.2, 0.25) is 0 Å². The highest BCUT2D eigenvalue weighted by atomic mass is 16.6. The van der Waals surface area contributed by atoms with Gasteiger partial charge in [-0.15, -0.1) is 0 Å². The third kappa shape index (κ3) is 65.0. The lowest BCUT2D eigenvalue weighted by Gasteiger charge is -2.26. The summed E-state index contributed by atoms with van der Waals surface area (Å²) < 4.78 is 54.7. The van der Waals surface area contributed by atoms with Gasteiger partial charge in [0.25, 0.3) is 11.8 Å². The third-order valence-electron chi connectivity index (χ3n) is 16.7. The lowest BCUT2D eigenvalue weighted by Crippen LogP contribution is -2.42. The molecule has 5 aromatic rings. The van der Waals surface area contributed by atoms with Crippen LogP contribution in [-0.2, 0) is 97.5 Å². The summed E-state index contributed by atoms with van der Waals surface area (Å²) in [6, 6.07) is 49.3. The summed E-state index contributed by atoms with van der Waals surface area (Å²) >= 11 is 0. The van der Waals surface area contributed by atoms with Crippen molar-refractivity contribution in [3.8, 4) is 0 Å². The van der Waals surface area contributed by atoms with Crippen molar-refractivity contribution in [3.05, 3.63) is 179 Å². The molecule has 2 fully saturated rings. The predicted octanol–water partition coefficient (Wildman–Crippen LogP) is 20.8. The molecular formula is C95H174N6O18. The fourth-order valence-corrected chi connectivity index (χ4v) is 9.49. The predicted molar refractivity (Wildman–Crippen MR) is 496 cm³/mol. The standard InChI is InChI=1S/C17H19NO2.C14H19NO2.C14H21NO2.C10H13NO2.C8H16O2.C7H15NO2.C6H12O3.C5H11NO2.C5H12O.9CH4/c1-2-20-17(19)18(13-15-9-5-3-6-10-15)14-16-11-7-4-8-12-16;1-2-17-14(16)15(11-13-8-9-13)10-12-6-4-3-5-7-12;1-4-17-14(16)15(10-12(2)3)11-13-8-6-5-7-9-13;1-11-10(12)9(13-2)8-6-4-3-5-7-8;1-7(9-2)8-3-5-10-6-4-8;1-7(2,10-5)6(9)8(3)4;1-4-9-6(7)5(2)8-3;1-4(8-3)5(7)6-2;1-4-5(2)6-3;;;;;;;;;/h3-12H,2,13-14H2,1H3;3-7,13H,2,8-11H2,1H3;5-9,12H,4,10-11H2,1-3H3;3-7,9H,1-2H3,(H,11,12);7-8H,3-6H2,1-2H3;1-5H3;5H,4H2,1-3H3;4H,1-3H3,(H,6,7);5H,4H2,1-3H3;9*1H4. The number of methoxy groups -OCH3 is 6. The van der Waals surface area contributed by atoms with Gasteiger partial charge in [0.2, 0.25) is 5.91 Å². The van der Waals surface area contributed by atoms with Gasteiger partial charge in [-0.25, -0.2) is 19.2 Å². The molecule has 24 nitrogen and oxygen atoms in total. The summed E-state index contributed by atoms with van der Waals surface area (Å²) in [6.07, 6.45) is 4.77. The van der Waals surface area contributed by atoms with Crippen molar-refractivity contribution in [2.45, 2.75) is 251 Å². The van der Waals surface area contributed by atoms with E-state index in [9.17, 15) is 33.6 Å². The number of carbonyl (C=O) groups is 7. The van der Waals surface area contributed by atoms with E-state index >= 15 is 0 Å². The number of carbonyl (C=O) groups excluding carboxylic acids is 7. The van der Waals surface area contributed by atoms with Crippen LogP contribution in [0, 0.1) is 17.8 Å². The SMILES string of the molecule is C.C.C.C.C.C.C.C.C.CCC(C)OC.CCOC(=O)C(C)OC.CCOC(=O)N(Cc1ccccc1)CC(C)C.CCOC(=O)N(Cc1ccccc1)CC1CC1.CCOC(=O)N(Cc1ccccc1)Cc1ccccc1.CNC(=O)C(C)OC.CNC(=O)C(OC)c1ccccc1.COC(C)(C)C(=O)N(C)C.COC(C)C1CCOCC1. The molecular weight excluding hydrogens is 1510 g/mol. The van der Waals surface area contributed by atoms with Gasteiger partial charge >= 0.3 is 24.2 Å². The number of nitrogens with zero attached hydrogens (tertiary/aromatic N) is 4. The Labute approximate surface area is 726 Å². The van der Waals surface area contributed by atoms with Crippen LogP contribution in [0.4, 0.5) is 14.4 Å².